The van der Waals surface area contributed by atoms with Crippen molar-refractivity contribution in [1.82, 2.24) is 10.2 Å². The maximum atomic E-state index is 11.5. The second-order valence-corrected chi connectivity index (χ2v) is 4.21. The molecule has 0 aromatic rings. The van der Waals surface area contributed by atoms with Crippen LogP contribution in [0.2, 0.25) is 0 Å². The van der Waals surface area contributed by atoms with Crippen LogP contribution < -0.4 is 5.32 Å². The molecule has 0 aliphatic carbocycles. The van der Waals surface area contributed by atoms with Crippen LogP contribution >= 0.6 is 0 Å². The number of carbonyl (C=O) groups is 1. The van der Waals surface area contributed by atoms with Gasteiger partial charge in [-0.2, -0.15) is 0 Å². The first-order valence-electron chi connectivity index (χ1n) is 6.48. The fraction of sp³-hybridized carbons (Fsp3) is 0.917. The summed E-state index contributed by atoms with van der Waals surface area (Å²) in [6, 6.07) is 0. The van der Waals surface area contributed by atoms with Crippen molar-refractivity contribution in [2.45, 2.75) is 6.42 Å². The largest absolute Gasteiger partial charge is 0.462 e. The van der Waals surface area contributed by atoms with Gasteiger partial charge in [0.15, 0.2) is 0 Å². The quantitative estimate of drug-likeness (QED) is 0.445. The summed E-state index contributed by atoms with van der Waals surface area (Å²) in [4.78, 5) is 13.6. The van der Waals surface area contributed by atoms with Crippen molar-refractivity contribution >= 4 is 5.97 Å². The molecule has 1 heterocycles. The van der Waals surface area contributed by atoms with Gasteiger partial charge in [-0.25, -0.2) is 0 Å². The highest BCUT2D eigenvalue weighted by atomic mass is 16.6. The lowest BCUT2D eigenvalue weighted by atomic mass is 10.3. The average Bonchev–Trinajstić information content (AvgIpc) is 2.39. The van der Waals surface area contributed by atoms with Crippen LogP contribution in [-0.4, -0.2) is 77.1 Å². The van der Waals surface area contributed by atoms with Gasteiger partial charge in [0.1, 0.15) is 6.61 Å². The Hall–Kier alpha value is -0.690. The minimum Gasteiger partial charge on any atom is -0.462 e. The van der Waals surface area contributed by atoms with Crippen molar-refractivity contribution in [3.63, 3.8) is 0 Å². The zero-order valence-electron chi connectivity index (χ0n) is 11.2. The van der Waals surface area contributed by atoms with Crippen molar-refractivity contribution in [2.24, 2.45) is 0 Å². The van der Waals surface area contributed by atoms with E-state index in [4.69, 9.17) is 14.2 Å². The normalized spacial score (nSPS) is 16.7. The summed E-state index contributed by atoms with van der Waals surface area (Å²) in [6.07, 6.45) is 0.866. The van der Waals surface area contributed by atoms with Crippen molar-refractivity contribution in [3.05, 3.63) is 0 Å². The van der Waals surface area contributed by atoms with Crippen LogP contribution in [0.15, 0.2) is 0 Å². The van der Waals surface area contributed by atoms with E-state index in [9.17, 15) is 4.79 Å². The minimum atomic E-state index is -0.169. The summed E-state index contributed by atoms with van der Waals surface area (Å²) in [5, 5.41) is 3.24. The molecule has 6 nitrogen and oxygen atoms in total. The third-order valence-corrected chi connectivity index (χ3v) is 2.69. The second kappa shape index (κ2) is 10.3. The zero-order chi connectivity index (χ0) is 13.1. The molecule has 6 heteroatoms. The Balaban J connectivity index is 1.90. The molecule has 0 saturated carbocycles. The standard InChI is InChI=1S/C12H24N2O4/c1-16-7-2-8-17-9-10-18-12(15)11-14-5-3-13-4-6-14/h13H,2-11H2,1H3. The number of hydrogen-bond acceptors (Lipinski definition) is 6. The highest BCUT2D eigenvalue weighted by Crippen LogP contribution is 1.93. The second-order valence-electron chi connectivity index (χ2n) is 4.21. The van der Waals surface area contributed by atoms with Crippen molar-refractivity contribution in [3.8, 4) is 0 Å². The lowest BCUT2D eigenvalue weighted by molar-refractivity contribution is -0.146. The molecule has 1 aliphatic heterocycles. The van der Waals surface area contributed by atoms with Crippen molar-refractivity contribution in [2.75, 3.05) is 66.3 Å². The number of carbonyl (C=O) groups excluding carboxylic acids is 1. The van der Waals surface area contributed by atoms with E-state index in [0.717, 1.165) is 32.6 Å². The number of ether oxygens (including phenoxy) is 3. The monoisotopic (exact) mass is 260 g/mol. The Kier molecular flexibility index (Phi) is 8.75. The minimum absolute atomic E-state index is 0.169. The highest BCUT2D eigenvalue weighted by Gasteiger charge is 2.13. The van der Waals surface area contributed by atoms with Gasteiger partial charge in [-0.3, -0.25) is 9.69 Å². The van der Waals surface area contributed by atoms with Gasteiger partial charge in [0, 0.05) is 46.5 Å². The maximum absolute atomic E-state index is 11.5. The van der Waals surface area contributed by atoms with Gasteiger partial charge in [-0.1, -0.05) is 0 Å². The van der Waals surface area contributed by atoms with Gasteiger partial charge >= 0.3 is 5.97 Å². The van der Waals surface area contributed by atoms with Crippen LogP contribution in [0.25, 0.3) is 0 Å². The fourth-order valence-electron chi connectivity index (χ4n) is 1.72. The van der Waals surface area contributed by atoms with E-state index in [-0.39, 0.29) is 5.97 Å². The number of methoxy groups -OCH3 is 1. The Bertz CT molecular complexity index is 220. The third kappa shape index (κ3) is 7.60. The van der Waals surface area contributed by atoms with Crippen LogP contribution in [0.1, 0.15) is 6.42 Å². The van der Waals surface area contributed by atoms with E-state index in [0.29, 0.717) is 33.0 Å². The molecule has 0 spiro atoms. The van der Waals surface area contributed by atoms with Crippen molar-refractivity contribution < 1.29 is 19.0 Å². The van der Waals surface area contributed by atoms with E-state index in [2.05, 4.69) is 10.2 Å². The van der Waals surface area contributed by atoms with E-state index in [1.54, 1.807) is 7.11 Å². The summed E-state index contributed by atoms with van der Waals surface area (Å²) in [5.41, 5.74) is 0. The van der Waals surface area contributed by atoms with Gasteiger partial charge in [-0.05, 0) is 6.42 Å². The molecule has 1 N–H and O–H groups in total. The number of rotatable bonds is 9. The molecular formula is C12H24N2O4. The number of nitrogens with one attached hydrogen (secondary N) is 1. The number of hydrogen-bond donors (Lipinski definition) is 1. The molecule has 1 fully saturated rings. The van der Waals surface area contributed by atoms with Crippen LogP contribution in [0, 0.1) is 0 Å². The molecule has 0 amide bonds. The molecule has 1 aliphatic rings. The first kappa shape index (κ1) is 15.4. The van der Waals surface area contributed by atoms with E-state index < -0.39 is 0 Å². The topological polar surface area (TPSA) is 60.0 Å². The molecule has 106 valence electrons. The maximum Gasteiger partial charge on any atom is 0.320 e. The summed E-state index contributed by atoms with van der Waals surface area (Å²) in [7, 11) is 1.66. The summed E-state index contributed by atoms with van der Waals surface area (Å²) in [5.74, 6) is -0.169. The van der Waals surface area contributed by atoms with E-state index >= 15 is 0 Å². The average molecular weight is 260 g/mol. The molecule has 0 bridgehead atoms. The third-order valence-electron chi connectivity index (χ3n) is 2.69. The smallest absolute Gasteiger partial charge is 0.320 e. The Morgan fingerprint density at radius 2 is 1.94 bits per heavy atom. The van der Waals surface area contributed by atoms with Gasteiger partial charge < -0.3 is 19.5 Å². The molecule has 0 aromatic heterocycles. The lowest BCUT2D eigenvalue weighted by Crippen LogP contribution is -2.45. The lowest BCUT2D eigenvalue weighted by Gasteiger charge is -2.25. The van der Waals surface area contributed by atoms with Gasteiger partial charge in [0.05, 0.1) is 13.2 Å². The fourth-order valence-corrected chi connectivity index (χ4v) is 1.72. The predicted octanol–water partition coefficient (Wildman–Crippen LogP) is -0.512. The highest BCUT2D eigenvalue weighted by molar-refractivity contribution is 5.71. The molecule has 1 rings (SSSR count). The Labute approximate surface area is 109 Å². The Morgan fingerprint density at radius 1 is 1.17 bits per heavy atom. The van der Waals surface area contributed by atoms with Crippen LogP contribution in [0.4, 0.5) is 0 Å². The first-order chi connectivity index (χ1) is 8.83. The molecule has 0 radical (unpaired) electrons. The molecule has 0 atom stereocenters. The number of esters is 1. The van der Waals surface area contributed by atoms with Crippen LogP contribution in [0.3, 0.4) is 0 Å². The van der Waals surface area contributed by atoms with Gasteiger partial charge in [0.2, 0.25) is 0 Å². The van der Waals surface area contributed by atoms with E-state index in [1.165, 1.54) is 0 Å². The predicted molar refractivity (Wildman–Crippen MR) is 67.6 cm³/mol. The SMILES string of the molecule is COCCCOCCOC(=O)CN1CCNCC1. The molecule has 0 aromatic carbocycles. The summed E-state index contributed by atoms with van der Waals surface area (Å²) in [6.45, 7) is 6.20. The Morgan fingerprint density at radius 3 is 2.67 bits per heavy atom. The number of nitrogens with zero attached hydrogens (tertiary/aromatic N) is 1. The summed E-state index contributed by atoms with van der Waals surface area (Å²) >= 11 is 0. The molecule has 0 unspecified atom stereocenters. The van der Waals surface area contributed by atoms with Crippen LogP contribution in [-0.2, 0) is 19.0 Å². The van der Waals surface area contributed by atoms with Crippen LogP contribution in [0.5, 0.6) is 0 Å². The molecule has 1 saturated heterocycles. The summed E-state index contributed by atoms with van der Waals surface area (Å²) < 4.78 is 15.3. The molecular weight excluding hydrogens is 236 g/mol. The van der Waals surface area contributed by atoms with Crippen molar-refractivity contribution in [1.29, 1.82) is 0 Å². The molecule has 18 heavy (non-hydrogen) atoms. The van der Waals surface area contributed by atoms with Gasteiger partial charge in [0.25, 0.3) is 0 Å². The van der Waals surface area contributed by atoms with E-state index in [1.807, 2.05) is 0 Å². The van der Waals surface area contributed by atoms with Gasteiger partial charge in [-0.15, -0.1) is 0 Å². The first-order valence-corrected chi connectivity index (χ1v) is 6.48. The zero-order valence-corrected chi connectivity index (χ0v) is 11.2. The number of piperazine rings is 1.